The van der Waals surface area contributed by atoms with Crippen LogP contribution in [0.3, 0.4) is 0 Å². The fourth-order valence-electron chi connectivity index (χ4n) is 3.94. The maximum Gasteiger partial charge on any atom is 0.227 e. The molecule has 0 aliphatic rings. The van der Waals surface area contributed by atoms with Crippen molar-refractivity contribution in [1.82, 2.24) is 14.8 Å². The number of rotatable bonds is 7. The topological polar surface area (TPSA) is 97.6 Å². The van der Waals surface area contributed by atoms with Crippen molar-refractivity contribution < 1.29 is 4.79 Å². The number of hydrogen-bond acceptors (Lipinski definition) is 5. The average Bonchev–Trinajstić information content (AvgIpc) is 3.38. The highest BCUT2D eigenvalue weighted by Crippen LogP contribution is 2.38. The Balaban J connectivity index is 1.78. The molecule has 6 nitrogen and oxygen atoms in total. The third-order valence-electron chi connectivity index (χ3n) is 5.59. The third-order valence-corrected chi connectivity index (χ3v) is 6.59. The highest BCUT2D eigenvalue weighted by atomic mass is 32.2. The Morgan fingerprint density at radius 1 is 0.889 bits per heavy atom. The van der Waals surface area contributed by atoms with E-state index in [2.05, 4.69) is 6.07 Å². The minimum atomic E-state index is -0.473. The normalized spacial score (nSPS) is 10.6. The van der Waals surface area contributed by atoms with Gasteiger partial charge in [-0.1, -0.05) is 90.6 Å². The van der Waals surface area contributed by atoms with E-state index < -0.39 is 5.91 Å². The van der Waals surface area contributed by atoms with Gasteiger partial charge in [-0.25, -0.2) is 9.67 Å². The van der Waals surface area contributed by atoms with Gasteiger partial charge in [0.05, 0.1) is 22.7 Å². The SMILES string of the molecule is N#Cc1c(-c2cn(-c3ccccc3)nc2-c2ccccc2)cc(-c2ccccc2)nc1SCC(N)=O. The lowest BCUT2D eigenvalue weighted by Gasteiger charge is -2.12. The number of nitrogens with two attached hydrogens (primary N) is 1. The van der Waals surface area contributed by atoms with Gasteiger partial charge >= 0.3 is 0 Å². The number of aromatic nitrogens is 3. The van der Waals surface area contributed by atoms with E-state index in [4.69, 9.17) is 15.8 Å². The van der Waals surface area contributed by atoms with Gasteiger partial charge in [0.25, 0.3) is 0 Å². The van der Waals surface area contributed by atoms with Gasteiger partial charge in [0, 0.05) is 28.5 Å². The number of pyridine rings is 1. The largest absolute Gasteiger partial charge is 0.369 e. The van der Waals surface area contributed by atoms with Crippen LogP contribution in [0, 0.1) is 11.3 Å². The molecule has 0 unspecified atom stereocenters. The van der Waals surface area contributed by atoms with E-state index in [1.807, 2.05) is 108 Å². The van der Waals surface area contributed by atoms with Crippen LogP contribution in [0.5, 0.6) is 0 Å². The molecule has 0 bridgehead atoms. The van der Waals surface area contributed by atoms with E-state index in [9.17, 15) is 10.1 Å². The predicted octanol–water partition coefficient (Wildman–Crippen LogP) is 5.72. The molecule has 2 aromatic heterocycles. The molecular weight excluding hydrogens is 466 g/mol. The molecule has 0 aliphatic carbocycles. The molecule has 3 aromatic carbocycles. The van der Waals surface area contributed by atoms with Gasteiger partial charge in [0.15, 0.2) is 0 Å². The molecule has 2 N–H and O–H groups in total. The number of nitriles is 1. The Hall–Kier alpha value is -4.67. The van der Waals surface area contributed by atoms with E-state index in [1.165, 1.54) is 11.8 Å². The Bertz CT molecular complexity index is 1560. The van der Waals surface area contributed by atoms with Crippen LogP contribution >= 0.6 is 11.8 Å². The lowest BCUT2D eigenvalue weighted by molar-refractivity contribution is -0.115. The number of amides is 1. The van der Waals surface area contributed by atoms with Crippen molar-refractivity contribution in [1.29, 1.82) is 5.26 Å². The zero-order valence-electron chi connectivity index (χ0n) is 19.2. The lowest BCUT2D eigenvalue weighted by Crippen LogP contribution is -2.13. The van der Waals surface area contributed by atoms with E-state index in [0.29, 0.717) is 21.8 Å². The highest BCUT2D eigenvalue weighted by molar-refractivity contribution is 8.00. The van der Waals surface area contributed by atoms with E-state index >= 15 is 0 Å². The first-order chi connectivity index (χ1) is 17.6. The molecule has 0 fully saturated rings. The van der Waals surface area contributed by atoms with Crippen LogP contribution in [-0.4, -0.2) is 26.4 Å². The quantitative estimate of drug-likeness (QED) is 0.296. The van der Waals surface area contributed by atoms with E-state index in [-0.39, 0.29) is 5.75 Å². The van der Waals surface area contributed by atoms with Gasteiger partial charge in [-0.05, 0) is 18.2 Å². The maximum absolute atomic E-state index is 11.6. The van der Waals surface area contributed by atoms with Crippen molar-refractivity contribution in [3.8, 4) is 45.4 Å². The number of para-hydroxylation sites is 1. The summed E-state index contributed by atoms with van der Waals surface area (Å²) in [5.41, 5.74) is 11.5. The molecule has 0 saturated heterocycles. The van der Waals surface area contributed by atoms with Crippen LogP contribution in [0.15, 0.2) is 108 Å². The van der Waals surface area contributed by atoms with Crippen LogP contribution in [0.1, 0.15) is 5.56 Å². The summed E-state index contributed by atoms with van der Waals surface area (Å²) in [6.07, 6.45) is 1.94. The lowest BCUT2D eigenvalue weighted by atomic mass is 9.97. The van der Waals surface area contributed by atoms with Crippen LogP contribution in [0.2, 0.25) is 0 Å². The predicted molar refractivity (Wildman–Crippen MR) is 142 cm³/mol. The van der Waals surface area contributed by atoms with E-state index in [1.54, 1.807) is 0 Å². The molecule has 36 heavy (non-hydrogen) atoms. The second kappa shape index (κ2) is 10.3. The van der Waals surface area contributed by atoms with Gasteiger partial charge in [-0.15, -0.1) is 0 Å². The standard InChI is InChI=1S/C29H21N5OS/c30-17-24-23(16-26(20-10-4-1-5-11-20)32-29(24)36-19-27(31)35)25-18-34(22-14-8-3-9-15-22)33-28(25)21-12-6-2-7-13-21/h1-16,18H,19H2,(H2,31,35). The molecule has 1 amide bonds. The van der Waals surface area contributed by atoms with Gasteiger partial charge in [-0.3, -0.25) is 4.79 Å². The second-order valence-electron chi connectivity index (χ2n) is 8.01. The number of hydrogen-bond donors (Lipinski definition) is 1. The van der Waals surface area contributed by atoms with Crippen molar-refractivity contribution in [3.63, 3.8) is 0 Å². The summed E-state index contributed by atoms with van der Waals surface area (Å²) >= 11 is 1.17. The number of thioether (sulfide) groups is 1. The summed E-state index contributed by atoms with van der Waals surface area (Å²) in [4.78, 5) is 16.3. The van der Waals surface area contributed by atoms with Crippen LogP contribution in [0.25, 0.3) is 39.3 Å². The fraction of sp³-hybridized carbons (Fsp3) is 0.0345. The van der Waals surface area contributed by atoms with Crippen molar-refractivity contribution in [2.24, 2.45) is 5.73 Å². The maximum atomic E-state index is 11.6. The molecule has 7 heteroatoms. The van der Waals surface area contributed by atoms with Crippen LogP contribution in [-0.2, 0) is 4.79 Å². The molecule has 0 aliphatic heterocycles. The molecule has 0 radical (unpaired) electrons. The Labute approximate surface area is 213 Å². The first-order valence-corrected chi connectivity index (χ1v) is 12.2. The van der Waals surface area contributed by atoms with Gasteiger partial charge in [0.2, 0.25) is 5.91 Å². The molecule has 0 saturated carbocycles. The molecule has 174 valence electrons. The number of benzene rings is 3. The first-order valence-electron chi connectivity index (χ1n) is 11.3. The van der Waals surface area contributed by atoms with Crippen LogP contribution < -0.4 is 5.73 Å². The third kappa shape index (κ3) is 4.76. The smallest absolute Gasteiger partial charge is 0.227 e. The highest BCUT2D eigenvalue weighted by Gasteiger charge is 2.22. The summed E-state index contributed by atoms with van der Waals surface area (Å²) in [6.45, 7) is 0. The minimum absolute atomic E-state index is 0.0220. The fourth-order valence-corrected chi connectivity index (χ4v) is 4.68. The molecule has 5 aromatic rings. The van der Waals surface area contributed by atoms with Gasteiger partial charge in [-0.2, -0.15) is 10.4 Å². The first kappa shape index (κ1) is 23.1. The monoisotopic (exact) mass is 487 g/mol. The Kier molecular flexibility index (Phi) is 6.61. The van der Waals surface area contributed by atoms with Crippen LogP contribution in [0.4, 0.5) is 0 Å². The van der Waals surface area contributed by atoms with Gasteiger partial charge in [0.1, 0.15) is 16.8 Å². The Morgan fingerprint density at radius 3 is 2.11 bits per heavy atom. The zero-order chi connectivity index (χ0) is 24.9. The van der Waals surface area contributed by atoms with Crippen molar-refractivity contribution in [2.75, 3.05) is 5.75 Å². The second-order valence-corrected chi connectivity index (χ2v) is 8.97. The number of carbonyl (C=O) groups is 1. The molecular formula is C29H21N5OS. The summed E-state index contributed by atoms with van der Waals surface area (Å²) in [5, 5.41) is 15.6. The zero-order valence-corrected chi connectivity index (χ0v) is 20.0. The van der Waals surface area contributed by atoms with Gasteiger partial charge < -0.3 is 5.73 Å². The number of nitrogens with zero attached hydrogens (tertiary/aromatic N) is 4. The summed E-state index contributed by atoms with van der Waals surface area (Å²) in [7, 11) is 0. The molecule has 2 heterocycles. The summed E-state index contributed by atoms with van der Waals surface area (Å²) in [6, 6.07) is 33.7. The van der Waals surface area contributed by atoms with Crippen molar-refractivity contribution in [3.05, 3.63) is 109 Å². The molecule has 5 rings (SSSR count). The Morgan fingerprint density at radius 2 is 1.50 bits per heavy atom. The number of primary amides is 1. The number of carbonyl (C=O) groups excluding carboxylic acids is 1. The van der Waals surface area contributed by atoms with E-state index in [0.717, 1.165) is 28.1 Å². The summed E-state index contributed by atoms with van der Waals surface area (Å²) in [5.74, 6) is -0.451. The van der Waals surface area contributed by atoms with Crippen molar-refractivity contribution >= 4 is 17.7 Å². The molecule has 0 atom stereocenters. The molecule has 0 spiro atoms. The van der Waals surface area contributed by atoms with Crippen molar-refractivity contribution in [2.45, 2.75) is 5.03 Å². The summed E-state index contributed by atoms with van der Waals surface area (Å²) < 4.78 is 1.82. The average molecular weight is 488 g/mol. The minimum Gasteiger partial charge on any atom is -0.369 e.